The fourth-order valence-corrected chi connectivity index (χ4v) is 4.50. The molecule has 1 aromatic heterocycles. The van der Waals surface area contributed by atoms with Gasteiger partial charge in [0.25, 0.3) is 11.6 Å². The highest BCUT2D eigenvalue weighted by atomic mass is 35.5. The van der Waals surface area contributed by atoms with Gasteiger partial charge in [-0.3, -0.25) is 19.7 Å². The number of hydrogen-bond donors (Lipinski definition) is 3. The molecule has 0 saturated heterocycles. The van der Waals surface area contributed by atoms with Crippen LogP contribution in [0.25, 0.3) is 10.9 Å². The van der Waals surface area contributed by atoms with Gasteiger partial charge < -0.3 is 20.9 Å². The first kappa shape index (κ1) is 26.8. The van der Waals surface area contributed by atoms with Gasteiger partial charge in [0.05, 0.1) is 4.92 Å². The second-order valence-corrected chi connectivity index (χ2v) is 9.01. The van der Waals surface area contributed by atoms with Crippen LogP contribution in [0.15, 0.2) is 72.9 Å². The highest BCUT2D eigenvalue weighted by Crippen LogP contribution is 2.32. The van der Waals surface area contributed by atoms with Crippen LogP contribution >= 0.6 is 11.6 Å². The third kappa shape index (κ3) is 5.99. The van der Waals surface area contributed by atoms with Crippen molar-refractivity contribution in [3.63, 3.8) is 0 Å². The number of aromatic nitrogens is 1. The van der Waals surface area contributed by atoms with Crippen LogP contribution < -0.4 is 11.1 Å². The van der Waals surface area contributed by atoms with Crippen molar-refractivity contribution in [2.24, 2.45) is 5.73 Å². The van der Waals surface area contributed by atoms with E-state index in [1.165, 1.54) is 35.2 Å². The molecule has 11 heteroatoms. The Bertz CT molecular complexity index is 1480. The Balaban J connectivity index is 1.74. The summed E-state index contributed by atoms with van der Waals surface area (Å²) < 4.78 is 13.6. The number of fused-ring (bicyclic) bond motifs is 1. The Morgan fingerprint density at radius 2 is 1.89 bits per heavy atom. The molecule has 2 amide bonds. The van der Waals surface area contributed by atoms with E-state index in [0.717, 1.165) is 10.9 Å². The molecule has 4 N–H and O–H groups in total. The van der Waals surface area contributed by atoms with E-state index in [1.54, 1.807) is 42.6 Å². The molecule has 0 spiro atoms. The largest absolute Gasteiger partial charge is 0.361 e. The molecule has 3 aromatic carbocycles. The van der Waals surface area contributed by atoms with E-state index in [4.69, 9.17) is 17.3 Å². The minimum absolute atomic E-state index is 0.0378. The zero-order valence-electron chi connectivity index (χ0n) is 20.2. The van der Waals surface area contributed by atoms with Crippen molar-refractivity contribution < 1.29 is 18.9 Å². The third-order valence-corrected chi connectivity index (χ3v) is 6.43. The maximum absolute atomic E-state index is 13.7. The van der Waals surface area contributed by atoms with Gasteiger partial charge in [-0.1, -0.05) is 35.9 Å². The Labute approximate surface area is 222 Å². The summed E-state index contributed by atoms with van der Waals surface area (Å²) in [5.74, 6) is -1.34. The minimum Gasteiger partial charge on any atom is -0.361 e. The molecular weight excluding hydrogens is 513 g/mol. The van der Waals surface area contributed by atoms with Crippen molar-refractivity contribution in [3.05, 3.63) is 105 Å². The van der Waals surface area contributed by atoms with Crippen LogP contribution in [-0.2, 0) is 16.0 Å². The van der Waals surface area contributed by atoms with Crippen molar-refractivity contribution in [3.8, 4) is 0 Å². The highest BCUT2D eigenvalue weighted by molar-refractivity contribution is 6.32. The van der Waals surface area contributed by atoms with Gasteiger partial charge in [-0.05, 0) is 53.9 Å². The second kappa shape index (κ2) is 11.8. The van der Waals surface area contributed by atoms with E-state index >= 15 is 0 Å². The van der Waals surface area contributed by atoms with E-state index < -0.39 is 22.8 Å². The van der Waals surface area contributed by atoms with E-state index in [2.05, 4.69) is 10.3 Å². The Hall–Kier alpha value is -4.28. The molecule has 0 fully saturated rings. The number of amides is 2. The van der Waals surface area contributed by atoms with Gasteiger partial charge >= 0.3 is 0 Å². The Kier molecular flexibility index (Phi) is 8.35. The summed E-state index contributed by atoms with van der Waals surface area (Å²) in [6.45, 7) is 0.141. The maximum Gasteiger partial charge on any atom is 0.288 e. The first-order valence-corrected chi connectivity index (χ1v) is 12.2. The van der Waals surface area contributed by atoms with E-state index in [1.807, 2.05) is 0 Å². The summed E-state index contributed by atoms with van der Waals surface area (Å²) in [6.07, 6.45) is 2.01. The molecule has 38 heavy (non-hydrogen) atoms. The molecule has 0 radical (unpaired) electrons. The number of halogens is 2. The number of anilines is 1. The zero-order chi connectivity index (χ0) is 27.2. The number of nitrogens with one attached hydrogen (secondary N) is 2. The van der Waals surface area contributed by atoms with Crippen LogP contribution in [0.5, 0.6) is 0 Å². The normalized spacial score (nSPS) is 11.8. The number of nitro benzene ring substituents is 1. The van der Waals surface area contributed by atoms with Gasteiger partial charge in [0.1, 0.15) is 16.9 Å². The van der Waals surface area contributed by atoms with Gasteiger partial charge in [0.15, 0.2) is 0 Å². The van der Waals surface area contributed by atoms with E-state index in [0.29, 0.717) is 17.6 Å². The summed E-state index contributed by atoms with van der Waals surface area (Å²) in [4.78, 5) is 42.3. The first-order valence-electron chi connectivity index (χ1n) is 11.8. The fraction of sp³-hybridized carbons (Fsp3) is 0.185. The molecular formula is C27H25ClFN5O4. The summed E-state index contributed by atoms with van der Waals surface area (Å²) in [5, 5.41) is 15.1. The van der Waals surface area contributed by atoms with Gasteiger partial charge in [-0.15, -0.1) is 0 Å². The van der Waals surface area contributed by atoms with Gasteiger partial charge in [0, 0.05) is 48.4 Å². The quantitative estimate of drug-likeness (QED) is 0.194. The smallest absolute Gasteiger partial charge is 0.288 e. The molecule has 9 nitrogen and oxygen atoms in total. The number of rotatable bonds is 10. The van der Waals surface area contributed by atoms with Crippen molar-refractivity contribution >= 4 is 45.7 Å². The van der Waals surface area contributed by atoms with Gasteiger partial charge in [-0.25, -0.2) is 4.39 Å². The van der Waals surface area contributed by atoms with Crippen LogP contribution in [0.2, 0.25) is 5.02 Å². The summed E-state index contributed by atoms with van der Waals surface area (Å²) in [7, 11) is 0. The Morgan fingerprint density at radius 3 is 2.61 bits per heavy atom. The minimum atomic E-state index is -1.21. The fourth-order valence-electron chi connectivity index (χ4n) is 4.32. The van der Waals surface area contributed by atoms with E-state index in [-0.39, 0.29) is 41.6 Å². The lowest BCUT2D eigenvalue weighted by Gasteiger charge is -2.31. The monoisotopic (exact) mass is 537 g/mol. The van der Waals surface area contributed by atoms with Crippen LogP contribution in [0.4, 0.5) is 15.8 Å². The lowest BCUT2D eigenvalue weighted by molar-refractivity contribution is -0.384. The molecule has 4 aromatic rings. The predicted molar refractivity (Wildman–Crippen MR) is 143 cm³/mol. The zero-order valence-corrected chi connectivity index (χ0v) is 21.0. The van der Waals surface area contributed by atoms with Crippen LogP contribution in [0.3, 0.4) is 0 Å². The highest BCUT2D eigenvalue weighted by Gasteiger charge is 2.33. The van der Waals surface area contributed by atoms with E-state index in [9.17, 15) is 24.1 Å². The number of carbonyl (C=O) groups excluding carboxylic acids is 2. The number of benzene rings is 3. The van der Waals surface area contributed by atoms with Crippen molar-refractivity contribution in [2.75, 3.05) is 18.4 Å². The average molecular weight is 538 g/mol. The molecule has 0 aliphatic heterocycles. The number of nitro groups is 1. The number of carbonyl (C=O) groups is 2. The van der Waals surface area contributed by atoms with Crippen molar-refractivity contribution in [1.29, 1.82) is 0 Å². The second-order valence-electron chi connectivity index (χ2n) is 8.61. The number of para-hydroxylation sites is 1. The molecule has 0 aliphatic rings. The van der Waals surface area contributed by atoms with Crippen molar-refractivity contribution in [1.82, 2.24) is 9.88 Å². The van der Waals surface area contributed by atoms with Crippen LogP contribution in [-0.4, -0.2) is 39.7 Å². The molecule has 1 heterocycles. The lowest BCUT2D eigenvalue weighted by atomic mass is 10.0. The first-order chi connectivity index (χ1) is 18.3. The number of aromatic amines is 1. The summed E-state index contributed by atoms with van der Waals surface area (Å²) >= 11 is 6.02. The molecule has 1 atom stereocenters. The molecule has 196 valence electrons. The topological polar surface area (TPSA) is 134 Å². The number of H-pyrrole nitrogens is 1. The molecule has 0 bridgehead atoms. The Morgan fingerprint density at radius 1 is 1.13 bits per heavy atom. The molecule has 4 rings (SSSR count). The summed E-state index contributed by atoms with van der Waals surface area (Å²) in [6, 6.07) is 15.8. The predicted octanol–water partition coefficient (Wildman–Crippen LogP) is 4.97. The number of nitrogens with two attached hydrogens (primary N) is 1. The molecule has 0 aliphatic carbocycles. The molecule has 1 unspecified atom stereocenters. The van der Waals surface area contributed by atoms with Crippen molar-refractivity contribution in [2.45, 2.75) is 18.9 Å². The van der Waals surface area contributed by atoms with Crippen LogP contribution in [0.1, 0.15) is 23.6 Å². The molecule has 0 saturated carbocycles. The standard InChI is InChI=1S/C27H25ClFN5O4/c28-22-9-6-17(14-24(22)34(37)38)26(27(36)32-20-4-2-1-3-5-20)33(25(35)10-12-30)13-11-18-16-31-23-15-19(29)7-8-21(18)23/h1-9,14-16,26,31H,10-13,30H2,(H,32,36). The van der Waals surface area contributed by atoms with Crippen LogP contribution in [0, 0.1) is 15.9 Å². The lowest BCUT2D eigenvalue weighted by Crippen LogP contribution is -2.43. The number of nitrogens with zero attached hydrogens (tertiary/aromatic N) is 2. The SMILES string of the molecule is NCCC(=O)N(CCc1c[nH]c2cc(F)ccc12)C(C(=O)Nc1ccccc1)c1ccc(Cl)c([N+](=O)[O-])c1. The van der Waals surface area contributed by atoms with Gasteiger partial charge in [0.2, 0.25) is 5.91 Å². The third-order valence-electron chi connectivity index (χ3n) is 6.11. The maximum atomic E-state index is 13.7. The number of hydrogen-bond acceptors (Lipinski definition) is 5. The summed E-state index contributed by atoms with van der Waals surface area (Å²) in [5.41, 5.74) is 7.43. The van der Waals surface area contributed by atoms with Gasteiger partial charge in [-0.2, -0.15) is 0 Å². The average Bonchev–Trinajstić information content (AvgIpc) is 3.29.